The van der Waals surface area contributed by atoms with Crippen molar-refractivity contribution in [1.82, 2.24) is 10.2 Å². The van der Waals surface area contributed by atoms with Gasteiger partial charge in [0.2, 0.25) is 21.8 Å². The van der Waals surface area contributed by atoms with Gasteiger partial charge in [0.25, 0.3) is 0 Å². The lowest BCUT2D eigenvalue weighted by molar-refractivity contribution is -0.140. The van der Waals surface area contributed by atoms with Crippen LogP contribution in [0.2, 0.25) is 0 Å². The van der Waals surface area contributed by atoms with Crippen LogP contribution in [0.3, 0.4) is 0 Å². The van der Waals surface area contributed by atoms with Crippen LogP contribution in [0.5, 0.6) is 0 Å². The van der Waals surface area contributed by atoms with Gasteiger partial charge in [-0.1, -0.05) is 83.5 Å². The van der Waals surface area contributed by atoms with E-state index in [-0.39, 0.29) is 18.9 Å². The van der Waals surface area contributed by atoms with Crippen LogP contribution >= 0.6 is 15.9 Å². The Hall–Kier alpha value is -3.17. The number of hydrogen-bond acceptors (Lipinski definition) is 4. The SMILES string of the molecule is CCNC(=O)C(Cc1ccccc1)N(Cc1cccc(Br)c1)C(=O)CN(c1ccccc1CC)S(C)(=O)=O. The lowest BCUT2D eigenvalue weighted by Crippen LogP contribution is -2.53. The minimum atomic E-state index is -3.80. The van der Waals surface area contributed by atoms with Gasteiger partial charge in [0.1, 0.15) is 12.6 Å². The van der Waals surface area contributed by atoms with Gasteiger partial charge >= 0.3 is 0 Å². The fourth-order valence-corrected chi connectivity index (χ4v) is 5.65. The summed E-state index contributed by atoms with van der Waals surface area (Å²) in [6.45, 7) is 3.88. The number of halogens is 1. The number of benzene rings is 3. The minimum Gasteiger partial charge on any atom is -0.355 e. The van der Waals surface area contributed by atoms with Gasteiger partial charge in [-0.05, 0) is 48.2 Å². The maximum Gasteiger partial charge on any atom is 0.244 e. The Morgan fingerprint density at radius 3 is 2.21 bits per heavy atom. The van der Waals surface area contributed by atoms with Crippen LogP contribution in [0.25, 0.3) is 0 Å². The van der Waals surface area contributed by atoms with Gasteiger partial charge in [-0.25, -0.2) is 8.42 Å². The molecule has 0 bridgehead atoms. The second kappa shape index (κ2) is 13.6. The van der Waals surface area contributed by atoms with E-state index in [1.807, 2.05) is 80.6 Å². The number of likely N-dealkylation sites (N-methyl/N-ethyl adjacent to an activating group) is 1. The average Bonchev–Trinajstić information content (AvgIpc) is 2.89. The molecule has 3 aromatic carbocycles. The number of nitrogens with zero attached hydrogens (tertiary/aromatic N) is 2. The van der Waals surface area contributed by atoms with E-state index < -0.39 is 28.5 Å². The van der Waals surface area contributed by atoms with Gasteiger partial charge in [-0.3, -0.25) is 13.9 Å². The predicted molar refractivity (Wildman–Crippen MR) is 155 cm³/mol. The molecule has 0 radical (unpaired) electrons. The summed E-state index contributed by atoms with van der Waals surface area (Å²) in [6, 6.07) is 23.3. The topological polar surface area (TPSA) is 86.8 Å². The number of aryl methyl sites for hydroxylation is 1. The second-order valence-corrected chi connectivity index (χ2v) is 11.8. The van der Waals surface area contributed by atoms with Crippen LogP contribution in [0.4, 0.5) is 5.69 Å². The highest BCUT2D eigenvalue weighted by Crippen LogP contribution is 2.25. The number of rotatable bonds is 12. The molecule has 3 aromatic rings. The summed E-state index contributed by atoms with van der Waals surface area (Å²) in [5, 5.41) is 2.86. The fourth-order valence-electron chi connectivity index (χ4n) is 4.33. The Labute approximate surface area is 234 Å². The van der Waals surface area contributed by atoms with Crippen molar-refractivity contribution in [1.29, 1.82) is 0 Å². The molecule has 0 saturated carbocycles. The average molecular weight is 601 g/mol. The van der Waals surface area contributed by atoms with Crippen LogP contribution in [0, 0.1) is 0 Å². The zero-order chi connectivity index (χ0) is 27.7. The number of anilines is 1. The molecule has 0 saturated heterocycles. The summed E-state index contributed by atoms with van der Waals surface area (Å²) >= 11 is 3.48. The van der Waals surface area contributed by atoms with E-state index in [1.54, 1.807) is 12.1 Å². The number of nitrogens with one attached hydrogen (secondary N) is 1. The molecule has 0 heterocycles. The minimum absolute atomic E-state index is 0.139. The molecule has 3 rings (SSSR count). The van der Waals surface area contributed by atoms with E-state index in [2.05, 4.69) is 21.2 Å². The second-order valence-electron chi connectivity index (χ2n) is 9.00. The van der Waals surface area contributed by atoms with E-state index in [0.29, 0.717) is 18.7 Å². The summed E-state index contributed by atoms with van der Waals surface area (Å²) in [4.78, 5) is 28.9. The molecule has 1 N–H and O–H groups in total. The van der Waals surface area contributed by atoms with Crippen molar-refractivity contribution in [2.75, 3.05) is 23.7 Å². The van der Waals surface area contributed by atoms with Crippen molar-refractivity contribution in [3.63, 3.8) is 0 Å². The van der Waals surface area contributed by atoms with E-state index >= 15 is 0 Å². The lowest BCUT2D eigenvalue weighted by atomic mass is 10.0. The van der Waals surface area contributed by atoms with Crippen LogP contribution < -0.4 is 9.62 Å². The zero-order valence-electron chi connectivity index (χ0n) is 21.9. The van der Waals surface area contributed by atoms with Crippen molar-refractivity contribution in [3.05, 3.63) is 100 Å². The Morgan fingerprint density at radius 1 is 0.921 bits per heavy atom. The molecule has 9 heteroatoms. The molecule has 0 aliphatic carbocycles. The third kappa shape index (κ3) is 7.91. The standard InChI is InChI=1S/C29H34BrN3O4S/c1-4-24-15-9-10-17-26(24)33(38(3,36)37)21-28(34)32(20-23-14-11-16-25(30)18-23)27(29(35)31-5-2)19-22-12-7-6-8-13-22/h6-18,27H,4-5,19-21H2,1-3H3,(H,31,35). The summed E-state index contributed by atoms with van der Waals surface area (Å²) in [6.07, 6.45) is 1.99. The molecule has 0 aromatic heterocycles. The summed E-state index contributed by atoms with van der Waals surface area (Å²) in [5.41, 5.74) is 2.99. The molecule has 0 fully saturated rings. The molecule has 0 aliphatic heterocycles. The maximum absolute atomic E-state index is 14.0. The van der Waals surface area contributed by atoms with Crippen LogP contribution in [-0.2, 0) is 39.0 Å². The molecular weight excluding hydrogens is 566 g/mol. The summed E-state index contributed by atoms with van der Waals surface area (Å²) in [7, 11) is -3.80. The number of amides is 2. The van der Waals surface area contributed by atoms with Crippen LogP contribution in [-0.4, -0.2) is 50.5 Å². The Morgan fingerprint density at radius 2 is 1.58 bits per heavy atom. The molecule has 38 heavy (non-hydrogen) atoms. The van der Waals surface area contributed by atoms with E-state index in [9.17, 15) is 18.0 Å². The van der Waals surface area contributed by atoms with Crippen molar-refractivity contribution in [2.45, 2.75) is 39.3 Å². The molecule has 1 unspecified atom stereocenters. The lowest BCUT2D eigenvalue weighted by Gasteiger charge is -2.34. The number of carbonyl (C=O) groups is 2. The van der Waals surface area contributed by atoms with Crippen LogP contribution in [0.15, 0.2) is 83.3 Å². The van der Waals surface area contributed by atoms with Gasteiger partial charge in [0.05, 0.1) is 11.9 Å². The van der Waals surface area contributed by atoms with Gasteiger partial charge < -0.3 is 10.2 Å². The normalized spacial score (nSPS) is 12.0. The molecule has 2 amide bonds. The smallest absolute Gasteiger partial charge is 0.244 e. The number of sulfonamides is 1. The van der Waals surface area contributed by atoms with Crippen molar-refractivity contribution >= 4 is 43.5 Å². The summed E-state index contributed by atoms with van der Waals surface area (Å²) < 4.78 is 27.8. The van der Waals surface area contributed by atoms with Gasteiger partial charge in [0, 0.05) is 24.0 Å². The van der Waals surface area contributed by atoms with Crippen molar-refractivity contribution in [3.8, 4) is 0 Å². The fraction of sp³-hybridized carbons (Fsp3) is 0.310. The Bertz CT molecular complexity index is 1350. The van der Waals surface area contributed by atoms with Crippen molar-refractivity contribution in [2.24, 2.45) is 0 Å². The number of para-hydroxylation sites is 1. The first kappa shape index (κ1) is 29.4. The molecular formula is C29H34BrN3O4S. The maximum atomic E-state index is 14.0. The highest BCUT2D eigenvalue weighted by Gasteiger charge is 2.33. The summed E-state index contributed by atoms with van der Waals surface area (Å²) in [5.74, 6) is -0.756. The van der Waals surface area contributed by atoms with Gasteiger partial charge in [-0.15, -0.1) is 0 Å². The number of carbonyl (C=O) groups excluding carboxylic acids is 2. The molecule has 7 nitrogen and oxygen atoms in total. The first-order chi connectivity index (χ1) is 18.1. The first-order valence-electron chi connectivity index (χ1n) is 12.5. The zero-order valence-corrected chi connectivity index (χ0v) is 24.3. The molecule has 0 aliphatic rings. The Kier molecular flexibility index (Phi) is 10.5. The largest absolute Gasteiger partial charge is 0.355 e. The van der Waals surface area contributed by atoms with Gasteiger partial charge in [-0.2, -0.15) is 0 Å². The third-order valence-corrected chi connectivity index (χ3v) is 7.80. The number of hydrogen-bond donors (Lipinski definition) is 1. The Balaban J connectivity index is 2.06. The van der Waals surface area contributed by atoms with Crippen molar-refractivity contribution < 1.29 is 18.0 Å². The molecule has 1 atom stereocenters. The first-order valence-corrected chi connectivity index (χ1v) is 15.2. The third-order valence-electron chi connectivity index (χ3n) is 6.18. The van der Waals surface area contributed by atoms with E-state index in [4.69, 9.17) is 0 Å². The predicted octanol–water partition coefficient (Wildman–Crippen LogP) is 4.55. The van der Waals surface area contributed by atoms with Crippen LogP contribution in [0.1, 0.15) is 30.5 Å². The molecule has 202 valence electrons. The quantitative estimate of drug-likeness (QED) is 0.331. The van der Waals surface area contributed by atoms with Gasteiger partial charge in [0.15, 0.2) is 0 Å². The highest BCUT2D eigenvalue weighted by molar-refractivity contribution is 9.10. The van der Waals surface area contributed by atoms with E-state index in [1.165, 1.54) is 4.90 Å². The van der Waals surface area contributed by atoms with E-state index in [0.717, 1.165) is 31.7 Å². The highest BCUT2D eigenvalue weighted by atomic mass is 79.9. The monoisotopic (exact) mass is 599 g/mol. The molecule has 0 spiro atoms.